The van der Waals surface area contributed by atoms with Crippen molar-refractivity contribution in [1.82, 2.24) is 9.38 Å². The molecule has 0 N–H and O–H groups in total. The van der Waals surface area contributed by atoms with Gasteiger partial charge in [-0.05, 0) is 31.4 Å². The van der Waals surface area contributed by atoms with E-state index in [1.54, 1.807) is 18.3 Å². The summed E-state index contributed by atoms with van der Waals surface area (Å²) in [6.45, 7) is 0.791. The average Bonchev–Trinajstić information content (AvgIpc) is 2.90. The third kappa shape index (κ3) is 2.21. The van der Waals surface area contributed by atoms with Crippen molar-refractivity contribution >= 4 is 11.5 Å². The maximum Gasteiger partial charge on any atom is 0.337 e. The number of rotatable bonds is 2. The lowest BCUT2D eigenvalue weighted by Crippen LogP contribution is -2.14. The van der Waals surface area contributed by atoms with Gasteiger partial charge in [-0.25, -0.2) is 9.78 Å². The Labute approximate surface area is 111 Å². The Hall–Kier alpha value is -1.88. The Bertz CT molecular complexity index is 600. The molecule has 0 aromatic carbocycles. The summed E-state index contributed by atoms with van der Waals surface area (Å²) in [7, 11) is 1.38. The number of carbonyl (C=O) groups excluding carboxylic acids is 1. The van der Waals surface area contributed by atoms with Crippen LogP contribution >= 0.6 is 0 Å². The lowest BCUT2D eigenvalue weighted by molar-refractivity contribution is 0.00915. The van der Waals surface area contributed by atoms with Crippen LogP contribution in [0.5, 0.6) is 0 Å². The highest BCUT2D eigenvalue weighted by Gasteiger charge is 2.20. The van der Waals surface area contributed by atoms with E-state index in [0.29, 0.717) is 5.56 Å². The number of hydrogen-bond acceptors (Lipinski definition) is 4. The van der Waals surface area contributed by atoms with Gasteiger partial charge in [0.05, 0.1) is 24.4 Å². The molecule has 19 heavy (non-hydrogen) atoms. The largest absolute Gasteiger partial charge is 0.465 e. The molecule has 5 heteroatoms. The van der Waals surface area contributed by atoms with E-state index in [0.717, 1.165) is 30.8 Å². The minimum Gasteiger partial charge on any atom is -0.465 e. The van der Waals surface area contributed by atoms with Gasteiger partial charge < -0.3 is 13.9 Å². The molecule has 0 aliphatic carbocycles. The highest BCUT2D eigenvalue weighted by molar-refractivity contribution is 5.90. The normalized spacial score (nSPS) is 19.5. The number of pyridine rings is 1. The maximum absolute atomic E-state index is 11.5. The fourth-order valence-corrected chi connectivity index (χ4v) is 2.45. The molecule has 2 aromatic heterocycles. The number of nitrogens with zero attached hydrogens (tertiary/aromatic N) is 2. The second-order valence-corrected chi connectivity index (χ2v) is 4.67. The SMILES string of the molecule is COC(=O)c1ccn2c(C3CCCCO3)ncc2c1. The van der Waals surface area contributed by atoms with Gasteiger partial charge in [0.15, 0.2) is 0 Å². The van der Waals surface area contributed by atoms with Gasteiger partial charge in [-0.3, -0.25) is 0 Å². The van der Waals surface area contributed by atoms with Crippen LogP contribution in [0.4, 0.5) is 0 Å². The first-order valence-electron chi connectivity index (χ1n) is 6.46. The molecule has 1 atom stereocenters. The van der Waals surface area contributed by atoms with Crippen LogP contribution in [0.25, 0.3) is 5.52 Å². The van der Waals surface area contributed by atoms with Crippen molar-refractivity contribution in [2.45, 2.75) is 25.4 Å². The van der Waals surface area contributed by atoms with Gasteiger partial charge in [0, 0.05) is 12.8 Å². The number of ether oxygens (including phenoxy) is 2. The summed E-state index contributed by atoms with van der Waals surface area (Å²) in [5.74, 6) is 0.574. The monoisotopic (exact) mass is 260 g/mol. The summed E-state index contributed by atoms with van der Waals surface area (Å²) in [6, 6.07) is 3.53. The van der Waals surface area contributed by atoms with Crippen LogP contribution in [0.3, 0.4) is 0 Å². The van der Waals surface area contributed by atoms with Crippen LogP contribution in [-0.2, 0) is 9.47 Å². The topological polar surface area (TPSA) is 52.8 Å². The minimum atomic E-state index is -0.334. The van der Waals surface area contributed by atoms with Crippen molar-refractivity contribution in [3.8, 4) is 0 Å². The van der Waals surface area contributed by atoms with Crippen LogP contribution in [0.2, 0.25) is 0 Å². The van der Waals surface area contributed by atoms with Gasteiger partial charge in [0.1, 0.15) is 11.9 Å². The molecule has 2 aromatic rings. The zero-order valence-corrected chi connectivity index (χ0v) is 10.8. The molecule has 3 heterocycles. The molecule has 3 rings (SSSR count). The molecule has 1 saturated heterocycles. The van der Waals surface area contributed by atoms with E-state index in [9.17, 15) is 4.79 Å². The predicted octanol–water partition coefficient (Wildman–Crippen LogP) is 2.36. The Morgan fingerprint density at radius 3 is 3.16 bits per heavy atom. The Balaban J connectivity index is 1.97. The zero-order chi connectivity index (χ0) is 13.2. The fraction of sp³-hybridized carbons (Fsp3) is 0.429. The smallest absolute Gasteiger partial charge is 0.337 e. The van der Waals surface area contributed by atoms with E-state index in [1.165, 1.54) is 13.5 Å². The van der Waals surface area contributed by atoms with Crippen LogP contribution in [-0.4, -0.2) is 29.1 Å². The summed E-state index contributed by atoms with van der Waals surface area (Å²) in [6.07, 6.45) is 6.95. The summed E-state index contributed by atoms with van der Waals surface area (Å²) in [4.78, 5) is 15.9. The Morgan fingerprint density at radius 2 is 2.42 bits per heavy atom. The van der Waals surface area contributed by atoms with Crippen LogP contribution < -0.4 is 0 Å². The van der Waals surface area contributed by atoms with Crippen LogP contribution in [0.1, 0.15) is 41.5 Å². The Kier molecular flexibility index (Phi) is 3.21. The number of carbonyl (C=O) groups is 1. The molecule has 0 radical (unpaired) electrons. The van der Waals surface area contributed by atoms with Gasteiger partial charge in [-0.2, -0.15) is 0 Å². The predicted molar refractivity (Wildman–Crippen MR) is 69.1 cm³/mol. The molecule has 5 nitrogen and oxygen atoms in total. The number of esters is 1. The average molecular weight is 260 g/mol. The van der Waals surface area contributed by atoms with Crippen LogP contribution in [0, 0.1) is 0 Å². The molecular formula is C14H16N2O3. The molecule has 1 aliphatic heterocycles. The molecule has 0 bridgehead atoms. The number of aromatic nitrogens is 2. The van der Waals surface area contributed by atoms with E-state index in [-0.39, 0.29) is 12.1 Å². The second kappa shape index (κ2) is 5.01. The summed E-state index contributed by atoms with van der Waals surface area (Å²) >= 11 is 0. The number of hydrogen-bond donors (Lipinski definition) is 0. The molecule has 1 fully saturated rings. The van der Waals surface area contributed by atoms with Gasteiger partial charge in [0.25, 0.3) is 0 Å². The van der Waals surface area contributed by atoms with Gasteiger partial charge in [0.2, 0.25) is 0 Å². The first-order valence-corrected chi connectivity index (χ1v) is 6.46. The molecule has 0 amide bonds. The van der Waals surface area contributed by atoms with Crippen molar-refractivity contribution in [2.24, 2.45) is 0 Å². The summed E-state index contributed by atoms with van der Waals surface area (Å²) in [5, 5.41) is 0. The van der Waals surface area contributed by atoms with Crippen molar-refractivity contribution in [3.63, 3.8) is 0 Å². The quantitative estimate of drug-likeness (QED) is 0.778. The fourth-order valence-electron chi connectivity index (χ4n) is 2.45. The van der Waals surface area contributed by atoms with E-state index >= 15 is 0 Å². The first-order chi connectivity index (χ1) is 9.29. The lowest BCUT2D eigenvalue weighted by Gasteiger charge is -2.21. The second-order valence-electron chi connectivity index (χ2n) is 4.67. The zero-order valence-electron chi connectivity index (χ0n) is 10.8. The van der Waals surface area contributed by atoms with E-state index in [4.69, 9.17) is 9.47 Å². The van der Waals surface area contributed by atoms with Crippen molar-refractivity contribution < 1.29 is 14.3 Å². The minimum absolute atomic E-state index is 0.0558. The highest BCUT2D eigenvalue weighted by atomic mass is 16.5. The Morgan fingerprint density at radius 1 is 1.53 bits per heavy atom. The van der Waals surface area contributed by atoms with Crippen molar-refractivity contribution in [3.05, 3.63) is 35.9 Å². The molecular weight excluding hydrogens is 244 g/mol. The number of methoxy groups -OCH3 is 1. The molecule has 0 spiro atoms. The number of fused-ring (bicyclic) bond motifs is 1. The molecule has 1 aliphatic rings. The van der Waals surface area contributed by atoms with Gasteiger partial charge >= 0.3 is 5.97 Å². The summed E-state index contributed by atoms with van der Waals surface area (Å²) < 4.78 is 12.4. The van der Waals surface area contributed by atoms with E-state index < -0.39 is 0 Å². The van der Waals surface area contributed by atoms with E-state index in [1.807, 2.05) is 10.6 Å². The van der Waals surface area contributed by atoms with E-state index in [2.05, 4.69) is 4.98 Å². The highest BCUT2D eigenvalue weighted by Crippen LogP contribution is 2.27. The van der Waals surface area contributed by atoms with Crippen molar-refractivity contribution in [1.29, 1.82) is 0 Å². The molecule has 100 valence electrons. The maximum atomic E-state index is 11.5. The van der Waals surface area contributed by atoms with Crippen molar-refractivity contribution in [2.75, 3.05) is 13.7 Å². The number of imidazole rings is 1. The standard InChI is InChI=1S/C14H16N2O3/c1-18-14(17)10-5-6-16-11(8-10)9-15-13(16)12-4-2-3-7-19-12/h5-6,8-9,12H,2-4,7H2,1H3. The lowest BCUT2D eigenvalue weighted by atomic mass is 10.1. The molecule has 0 saturated carbocycles. The van der Waals surface area contributed by atoms with Crippen LogP contribution in [0.15, 0.2) is 24.5 Å². The van der Waals surface area contributed by atoms with Gasteiger partial charge in [-0.15, -0.1) is 0 Å². The summed E-state index contributed by atoms with van der Waals surface area (Å²) in [5.41, 5.74) is 1.41. The third-order valence-electron chi connectivity index (χ3n) is 3.45. The first kappa shape index (κ1) is 12.2. The molecule has 1 unspecified atom stereocenters. The van der Waals surface area contributed by atoms with Gasteiger partial charge in [-0.1, -0.05) is 0 Å². The third-order valence-corrected chi connectivity index (χ3v) is 3.45.